The van der Waals surface area contributed by atoms with E-state index >= 15 is 0 Å². The Morgan fingerprint density at radius 2 is 1.90 bits per heavy atom. The first-order valence-corrected chi connectivity index (χ1v) is 9.38. The molecule has 154 valence electrons. The maximum atomic E-state index is 13.8. The molecular weight excluding hydrogens is 401 g/mol. The van der Waals surface area contributed by atoms with Crippen LogP contribution in [-0.4, -0.2) is 46.9 Å². The van der Waals surface area contributed by atoms with Crippen molar-refractivity contribution in [1.82, 2.24) is 4.90 Å². The number of rotatable bonds is 4. The molecule has 1 aliphatic heterocycles. The topological polar surface area (TPSA) is 76.1 Å². The summed E-state index contributed by atoms with van der Waals surface area (Å²) in [6, 6.07) is 8.71. The highest BCUT2D eigenvalue weighted by atomic mass is 35.5. The zero-order chi connectivity index (χ0) is 21.3. The second-order valence-electron chi connectivity index (χ2n) is 7.78. The van der Waals surface area contributed by atoms with Crippen molar-refractivity contribution >= 4 is 23.7 Å². The van der Waals surface area contributed by atoms with E-state index in [9.17, 15) is 19.1 Å². The number of halogens is 2. The Morgan fingerprint density at radius 3 is 2.52 bits per heavy atom. The molecule has 0 atom stereocenters. The van der Waals surface area contributed by atoms with Gasteiger partial charge >= 0.3 is 12.1 Å². The Balaban J connectivity index is 1.77. The molecule has 0 radical (unpaired) electrons. The maximum absolute atomic E-state index is 13.8. The summed E-state index contributed by atoms with van der Waals surface area (Å²) in [6.07, 6.45) is -0.730. The van der Waals surface area contributed by atoms with E-state index in [2.05, 4.69) is 0 Å². The molecule has 0 saturated carbocycles. The van der Waals surface area contributed by atoms with Crippen LogP contribution in [0.3, 0.4) is 0 Å². The van der Waals surface area contributed by atoms with E-state index in [1.807, 2.05) is 0 Å². The van der Waals surface area contributed by atoms with Gasteiger partial charge in [-0.3, -0.25) is 0 Å². The van der Waals surface area contributed by atoms with Crippen molar-refractivity contribution in [3.8, 4) is 16.9 Å². The molecule has 29 heavy (non-hydrogen) atoms. The number of likely N-dealkylation sites (tertiary alicyclic amines) is 1. The summed E-state index contributed by atoms with van der Waals surface area (Å²) < 4.78 is 24.9. The van der Waals surface area contributed by atoms with Crippen LogP contribution < -0.4 is 4.74 Å². The molecule has 0 aromatic heterocycles. The Kier molecular flexibility index (Phi) is 5.71. The number of carboxylic acid groups (broad SMARTS) is 1. The summed E-state index contributed by atoms with van der Waals surface area (Å²) >= 11 is 6.04. The molecule has 6 nitrogen and oxygen atoms in total. The molecular formula is C21H21ClFNO5. The Bertz CT molecular complexity index is 951. The lowest BCUT2D eigenvalue weighted by Gasteiger charge is -2.39. The number of hydrogen-bond donors (Lipinski definition) is 1. The third-order valence-corrected chi connectivity index (χ3v) is 4.60. The standard InChI is InChI=1S/C21H21ClFNO5/c1-21(2,3)29-20(27)24-10-15(11-24)28-14-8-12(7-13(9-14)19(25)26)16-5-4-6-17(23)18(16)22/h4-9,15H,10-11H2,1-3H3,(H,25,26). The van der Waals surface area contributed by atoms with Crippen LogP contribution in [0.25, 0.3) is 11.1 Å². The number of nitrogens with zero attached hydrogens (tertiary/aromatic N) is 1. The summed E-state index contributed by atoms with van der Waals surface area (Å²) in [4.78, 5) is 25.0. The number of amides is 1. The highest BCUT2D eigenvalue weighted by molar-refractivity contribution is 6.33. The average Bonchev–Trinajstić information content (AvgIpc) is 2.58. The number of aromatic carboxylic acids is 1. The molecule has 0 spiro atoms. The first-order valence-electron chi connectivity index (χ1n) is 9.01. The first-order chi connectivity index (χ1) is 13.5. The minimum absolute atomic E-state index is 0.0128. The van der Waals surface area contributed by atoms with E-state index in [1.165, 1.54) is 29.2 Å². The predicted octanol–water partition coefficient (Wildman–Crippen LogP) is 4.84. The first kappa shape index (κ1) is 20.9. The van der Waals surface area contributed by atoms with Gasteiger partial charge in [-0.15, -0.1) is 0 Å². The second-order valence-corrected chi connectivity index (χ2v) is 8.16. The molecule has 0 aliphatic carbocycles. The van der Waals surface area contributed by atoms with E-state index < -0.39 is 23.5 Å². The normalized spacial score (nSPS) is 14.3. The fourth-order valence-electron chi connectivity index (χ4n) is 2.85. The van der Waals surface area contributed by atoms with Crippen molar-refractivity contribution in [1.29, 1.82) is 0 Å². The quantitative estimate of drug-likeness (QED) is 0.764. The lowest BCUT2D eigenvalue weighted by atomic mass is 10.0. The van der Waals surface area contributed by atoms with E-state index in [0.29, 0.717) is 30.0 Å². The van der Waals surface area contributed by atoms with Crippen LogP contribution in [0.4, 0.5) is 9.18 Å². The molecule has 2 aromatic carbocycles. The minimum atomic E-state index is -1.15. The molecule has 0 unspecified atom stereocenters. The van der Waals surface area contributed by atoms with E-state index in [4.69, 9.17) is 21.1 Å². The number of ether oxygens (including phenoxy) is 2. The van der Waals surface area contributed by atoms with Gasteiger partial charge in [0.1, 0.15) is 23.3 Å². The van der Waals surface area contributed by atoms with Gasteiger partial charge in [0.25, 0.3) is 0 Å². The summed E-state index contributed by atoms with van der Waals surface area (Å²) in [6.45, 7) is 6.00. The monoisotopic (exact) mass is 421 g/mol. The van der Waals surface area contributed by atoms with E-state index in [1.54, 1.807) is 32.9 Å². The molecule has 1 aliphatic rings. The molecule has 8 heteroatoms. The van der Waals surface area contributed by atoms with Crippen LogP contribution in [0.5, 0.6) is 5.75 Å². The lowest BCUT2D eigenvalue weighted by Crippen LogP contribution is -2.57. The van der Waals surface area contributed by atoms with Gasteiger partial charge in [-0.2, -0.15) is 0 Å². The van der Waals surface area contributed by atoms with Crippen molar-refractivity contribution < 1.29 is 28.6 Å². The number of carbonyl (C=O) groups is 2. The minimum Gasteiger partial charge on any atom is -0.487 e. The molecule has 3 rings (SSSR count). The number of hydrogen-bond acceptors (Lipinski definition) is 4. The van der Waals surface area contributed by atoms with Gasteiger partial charge in [0.2, 0.25) is 0 Å². The third kappa shape index (κ3) is 4.98. The van der Waals surface area contributed by atoms with Gasteiger partial charge in [0.15, 0.2) is 0 Å². The van der Waals surface area contributed by atoms with Gasteiger partial charge in [-0.1, -0.05) is 23.7 Å². The van der Waals surface area contributed by atoms with Crippen LogP contribution >= 0.6 is 11.6 Å². The van der Waals surface area contributed by atoms with Gasteiger partial charge in [0, 0.05) is 5.56 Å². The summed E-state index contributed by atoms with van der Waals surface area (Å²) in [7, 11) is 0. The largest absolute Gasteiger partial charge is 0.487 e. The fraction of sp³-hybridized carbons (Fsp3) is 0.333. The molecule has 1 heterocycles. The lowest BCUT2D eigenvalue weighted by molar-refractivity contribution is -0.0221. The Hall–Kier alpha value is -2.80. The van der Waals surface area contributed by atoms with Crippen molar-refractivity contribution in [3.63, 3.8) is 0 Å². The van der Waals surface area contributed by atoms with E-state index in [0.717, 1.165) is 0 Å². The smallest absolute Gasteiger partial charge is 0.410 e. The summed E-state index contributed by atoms with van der Waals surface area (Å²) in [5.74, 6) is -1.44. The van der Waals surface area contributed by atoms with Gasteiger partial charge < -0.3 is 19.5 Å². The Morgan fingerprint density at radius 1 is 1.21 bits per heavy atom. The molecule has 2 aromatic rings. The number of carboxylic acids is 1. The highest BCUT2D eigenvalue weighted by Crippen LogP contribution is 2.34. The van der Waals surface area contributed by atoms with Gasteiger partial charge in [-0.05, 0) is 50.6 Å². The van der Waals surface area contributed by atoms with Crippen LogP contribution in [0.1, 0.15) is 31.1 Å². The molecule has 1 saturated heterocycles. The van der Waals surface area contributed by atoms with Gasteiger partial charge in [0.05, 0.1) is 23.7 Å². The maximum Gasteiger partial charge on any atom is 0.410 e. The third-order valence-electron chi connectivity index (χ3n) is 4.22. The molecule has 1 N–H and O–H groups in total. The highest BCUT2D eigenvalue weighted by Gasteiger charge is 2.35. The van der Waals surface area contributed by atoms with Crippen molar-refractivity contribution in [2.24, 2.45) is 0 Å². The molecule has 1 amide bonds. The molecule has 1 fully saturated rings. The number of carbonyl (C=O) groups excluding carboxylic acids is 1. The molecule has 0 bridgehead atoms. The summed E-state index contributed by atoms with van der Waals surface area (Å²) in [5, 5.41) is 9.30. The average molecular weight is 422 g/mol. The Labute approximate surface area is 172 Å². The van der Waals surface area contributed by atoms with E-state index in [-0.39, 0.29) is 16.7 Å². The van der Waals surface area contributed by atoms with Crippen LogP contribution in [0.15, 0.2) is 36.4 Å². The second kappa shape index (κ2) is 7.91. The van der Waals surface area contributed by atoms with Crippen LogP contribution in [-0.2, 0) is 4.74 Å². The zero-order valence-corrected chi connectivity index (χ0v) is 17.0. The predicted molar refractivity (Wildman–Crippen MR) is 106 cm³/mol. The van der Waals surface area contributed by atoms with Crippen molar-refractivity contribution in [2.75, 3.05) is 13.1 Å². The summed E-state index contributed by atoms with van der Waals surface area (Å²) in [5.41, 5.74) is 0.190. The zero-order valence-electron chi connectivity index (χ0n) is 16.2. The van der Waals surface area contributed by atoms with Crippen LogP contribution in [0.2, 0.25) is 5.02 Å². The van der Waals surface area contributed by atoms with Crippen molar-refractivity contribution in [3.05, 3.63) is 52.8 Å². The van der Waals surface area contributed by atoms with Crippen LogP contribution in [0, 0.1) is 5.82 Å². The van der Waals surface area contributed by atoms with Gasteiger partial charge in [-0.25, -0.2) is 14.0 Å². The SMILES string of the molecule is CC(C)(C)OC(=O)N1CC(Oc2cc(C(=O)O)cc(-c3cccc(F)c3Cl)c2)C1. The van der Waals surface area contributed by atoms with Crippen molar-refractivity contribution in [2.45, 2.75) is 32.5 Å². The number of benzene rings is 2. The fourth-order valence-corrected chi connectivity index (χ4v) is 3.09.